The van der Waals surface area contributed by atoms with E-state index in [-0.39, 0.29) is 5.41 Å². The van der Waals surface area contributed by atoms with E-state index < -0.39 is 0 Å². The number of nitrogens with zero attached hydrogens (tertiary/aromatic N) is 1. The Morgan fingerprint density at radius 2 is 0.768 bits per heavy atom. The molecule has 0 amide bonds. The van der Waals surface area contributed by atoms with Crippen LogP contribution in [0.3, 0.4) is 0 Å². The van der Waals surface area contributed by atoms with Crippen LogP contribution in [0.15, 0.2) is 200 Å². The molecule has 0 radical (unpaired) electrons. The van der Waals surface area contributed by atoms with Crippen LogP contribution in [0.4, 0.5) is 17.1 Å². The summed E-state index contributed by atoms with van der Waals surface area (Å²) in [7, 11) is 0. The van der Waals surface area contributed by atoms with Crippen molar-refractivity contribution < 1.29 is 0 Å². The first-order chi connectivity index (χ1) is 27.5. The van der Waals surface area contributed by atoms with Crippen LogP contribution < -0.4 is 4.90 Å². The maximum Gasteiger partial charge on any atom is 0.0465 e. The van der Waals surface area contributed by atoms with Crippen LogP contribution in [-0.2, 0) is 5.41 Å². The maximum absolute atomic E-state index is 2.49. The zero-order valence-electron chi connectivity index (χ0n) is 31.5. The molecule has 0 heterocycles. The van der Waals surface area contributed by atoms with Gasteiger partial charge in [0.25, 0.3) is 0 Å². The Balaban J connectivity index is 1.12. The van der Waals surface area contributed by atoms with Crippen LogP contribution in [0.2, 0.25) is 0 Å². The molecular weight excluding hydrogens is 675 g/mol. The molecule has 10 aromatic carbocycles. The SMILES string of the molecule is CC1(C)c2cc(-c3c4ccccc4c(-c4ccc5ccccc5c4)c4cc5ccccc5cc34)ccc2-c2ccc(N(c3ccccc3)c3ccccc3)cc21. The summed E-state index contributed by atoms with van der Waals surface area (Å²) in [6.45, 7) is 4.79. The van der Waals surface area contributed by atoms with Crippen molar-refractivity contribution in [3.8, 4) is 33.4 Å². The zero-order valence-corrected chi connectivity index (χ0v) is 31.5. The average Bonchev–Trinajstić information content (AvgIpc) is 3.47. The number of fused-ring (bicyclic) bond motifs is 7. The van der Waals surface area contributed by atoms with Crippen molar-refractivity contribution >= 4 is 60.2 Å². The minimum atomic E-state index is -0.209. The summed E-state index contributed by atoms with van der Waals surface area (Å²) in [5.41, 5.74) is 13.7. The van der Waals surface area contributed by atoms with Crippen LogP contribution >= 0.6 is 0 Å². The smallest absolute Gasteiger partial charge is 0.0465 e. The molecule has 264 valence electrons. The molecule has 1 aliphatic carbocycles. The third-order valence-corrected chi connectivity index (χ3v) is 12.2. The first kappa shape index (κ1) is 32.5. The van der Waals surface area contributed by atoms with Gasteiger partial charge in [-0.3, -0.25) is 0 Å². The van der Waals surface area contributed by atoms with Crippen molar-refractivity contribution in [2.24, 2.45) is 0 Å². The highest BCUT2D eigenvalue weighted by molar-refractivity contribution is 6.24. The van der Waals surface area contributed by atoms with Gasteiger partial charge in [0, 0.05) is 22.5 Å². The monoisotopic (exact) mass is 713 g/mol. The van der Waals surface area contributed by atoms with E-state index in [0.717, 1.165) is 17.1 Å². The zero-order chi connectivity index (χ0) is 37.4. The Labute approximate surface area is 327 Å². The normalized spacial score (nSPS) is 13.0. The standard InChI is InChI=1S/C55H39N/c1-55(2)51-34-41(27-29-45(51)46-30-28-44(35-52(46)55)56(42-19-5-3-6-20-42)43-21-7-4-8-22-43)54-48-24-14-13-23-47(48)53(40-26-25-36-15-9-10-16-37(36)31-40)49-32-38-17-11-12-18-39(38)33-50(49)54/h3-35H,1-2H3. The van der Waals surface area contributed by atoms with Gasteiger partial charge in [0.1, 0.15) is 0 Å². The van der Waals surface area contributed by atoms with Gasteiger partial charge in [-0.15, -0.1) is 0 Å². The second-order valence-corrected chi connectivity index (χ2v) is 15.7. The van der Waals surface area contributed by atoms with Crippen LogP contribution in [0.1, 0.15) is 25.0 Å². The second kappa shape index (κ2) is 12.5. The molecule has 10 aromatic rings. The van der Waals surface area contributed by atoms with E-state index >= 15 is 0 Å². The van der Waals surface area contributed by atoms with Crippen molar-refractivity contribution in [3.63, 3.8) is 0 Å². The van der Waals surface area contributed by atoms with Crippen molar-refractivity contribution in [2.45, 2.75) is 19.3 Å². The van der Waals surface area contributed by atoms with Crippen LogP contribution in [0.25, 0.3) is 76.5 Å². The predicted molar refractivity (Wildman–Crippen MR) is 240 cm³/mol. The van der Waals surface area contributed by atoms with Gasteiger partial charge in [-0.05, 0) is 148 Å². The summed E-state index contributed by atoms with van der Waals surface area (Å²) in [6, 6.07) is 74.0. The molecule has 0 saturated carbocycles. The fourth-order valence-corrected chi connectivity index (χ4v) is 9.45. The van der Waals surface area contributed by atoms with Crippen molar-refractivity contribution in [2.75, 3.05) is 4.90 Å². The largest absolute Gasteiger partial charge is 0.310 e. The summed E-state index contributed by atoms with van der Waals surface area (Å²) < 4.78 is 0. The topological polar surface area (TPSA) is 3.24 Å². The Hall–Kier alpha value is -6.96. The molecule has 1 aliphatic rings. The molecule has 0 fully saturated rings. The molecule has 0 unspecified atom stereocenters. The lowest BCUT2D eigenvalue weighted by Crippen LogP contribution is -2.16. The molecule has 0 spiro atoms. The highest BCUT2D eigenvalue weighted by atomic mass is 15.1. The van der Waals surface area contributed by atoms with E-state index in [1.807, 2.05) is 0 Å². The van der Waals surface area contributed by atoms with Crippen molar-refractivity contribution in [1.82, 2.24) is 0 Å². The Kier molecular flexibility index (Phi) is 7.28. The highest BCUT2D eigenvalue weighted by Crippen LogP contribution is 2.53. The van der Waals surface area contributed by atoms with Crippen molar-refractivity contribution in [3.05, 3.63) is 211 Å². The Morgan fingerprint density at radius 1 is 0.321 bits per heavy atom. The molecule has 0 aliphatic heterocycles. The van der Waals surface area contributed by atoms with Gasteiger partial charge in [0.05, 0.1) is 0 Å². The van der Waals surface area contributed by atoms with E-state index in [2.05, 4.69) is 219 Å². The summed E-state index contributed by atoms with van der Waals surface area (Å²) in [5.74, 6) is 0. The summed E-state index contributed by atoms with van der Waals surface area (Å²) in [6.07, 6.45) is 0. The number of hydrogen-bond acceptors (Lipinski definition) is 1. The lowest BCUT2D eigenvalue weighted by atomic mass is 9.80. The van der Waals surface area contributed by atoms with E-state index in [1.54, 1.807) is 0 Å². The third kappa shape index (κ3) is 5.01. The van der Waals surface area contributed by atoms with E-state index in [1.165, 1.54) is 87.6 Å². The van der Waals surface area contributed by atoms with Gasteiger partial charge in [0.2, 0.25) is 0 Å². The van der Waals surface area contributed by atoms with Gasteiger partial charge in [-0.1, -0.05) is 153 Å². The molecule has 1 nitrogen and oxygen atoms in total. The summed E-state index contributed by atoms with van der Waals surface area (Å²) in [4.78, 5) is 2.37. The van der Waals surface area contributed by atoms with E-state index in [4.69, 9.17) is 0 Å². The van der Waals surface area contributed by atoms with Gasteiger partial charge in [-0.2, -0.15) is 0 Å². The molecular formula is C55H39N. The minimum absolute atomic E-state index is 0.209. The second-order valence-electron chi connectivity index (χ2n) is 15.7. The van der Waals surface area contributed by atoms with Crippen LogP contribution in [0, 0.1) is 0 Å². The van der Waals surface area contributed by atoms with Crippen LogP contribution in [0.5, 0.6) is 0 Å². The third-order valence-electron chi connectivity index (χ3n) is 12.2. The lowest BCUT2D eigenvalue weighted by Gasteiger charge is -2.28. The number of para-hydroxylation sites is 2. The number of anilines is 3. The van der Waals surface area contributed by atoms with Gasteiger partial charge in [-0.25, -0.2) is 0 Å². The molecule has 0 N–H and O–H groups in total. The molecule has 0 saturated heterocycles. The molecule has 0 atom stereocenters. The minimum Gasteiger partial charge on any atom is -0.310 e. The van der Waals surface area contributed by atoms with Gasteiger partial charge in [0.15, 0.2) is 0 Å². The maximum atomic E-state index is 2.49. The fraction of sp³-hybridized carbons (Fsp3) is 0.0545. The van der Waals surface area contributed by atoms with Gasteiger partial charge < -0.3 is 4.90 Å². The number of benzene rings is 10. The first-order valence-electron chi connectivity index (χ1n) is 19.6. The first-order valence-corrected chi connectivity index (χ1v) is 19.6. The molecule has 0 bridgehead atoms. The Morgan fingerprint density at radius 3 is 1.36 bits per heavy atom. The molecule has 11 rings (SSSR count). The lowest BCUT2D eigenvalue weighted by molar-refractivity contribution is 0.660. The van der Waals surface area contributed by atoms with Gasteiger partial charge >= 0.3 is 0 Å². The number of hydrogen-bond donors (Lipinski definition) is 0. The molecule has 0 aromatic heterocycles. The molecule has 56 heavy (non-hydrogen) atoms. The fourth-order valence-electron chi connectivity index (χ4n) is 9.45. The summed E-state index contributed by atoms with van der Waals surface area (Å²) in [5, 5.41) is 10.1. The van der Waals surface area contributed by atoms with Crippen molar-refractivity contribution in [1.29, 1.82) is 0 Å². The predicted octanol–water partition coefficient (Wildman–Crippen LogP) is 15.4. The average molecular weight is 714 g/mol. The quantitative estimate of drug-likeness (QED) is 0.161. The Bertz CT molecular complexity index is 3120. The number of rotatable bonds is 5. The summed E-state index contributed by atoms with van der Waals surface area (Å²) >= 11 is 0. The highest BCUT2D eigenvalue weighted by Gasteiger charge is 2.36. The molecule has 1 heteroatoms. The van der Waals surface area contributed by atoms with Crippen LogP contribution in [-0.4, -0.2) is 0 Å². The van der Waals surface area contributed by atoms with E-state index in [9.17, 15) is 0 Å². The van der Waals surface area contributed by atoms with E-state index in [0.29, 0.717) is 0 Å².